The fraction of sp³-hybridized carbons (Fsp3) is 0.692. The molecule has 116 valence electrons. The summed E-state index contributed by atoms with van der Waals surface area (Å²) < 4.78 is 0. The third-order valence-electron chi connectivity index (χ3n) is 3.52. The quantitative estimate of drug-likeness (QED) is 0.865. The van der Waals surface area contributed by atoms with Gasteiger partial charge in [-0.15, -0.1) is 36.2 Å². The summed E-state index contributed by atoms with van der Waals surface area (Å²) >= 11 is 1.72. The van der Waals surface area contributed by atoms with Gasteiger partial charge in [-0.05, 0) is 19.3 Å². The van der Waals surface area contributed by atoms with Crippen molar-refractivity contribution in [1.82, 2.24) is 10.3 Å². The molecule has 0 aliphatic heterocycles. The number of rotatable bonds is 5. The molecule has 0 bridgehead atoms. The summed E-state index contributed by atoms with van der Waals surface area (Å²) in [6.07, 6.45) is 7.50. The number of aryl methyl sites for hydroxylation is 1. The Morgan fingerprint density at radius 2 is 2.10 bits per heavy atom. The lowest BCUT2D eigenvalue weighted by Crippen LogP contribution is -2.52. The van der Waals surface area contributed by atoms with E-state index in [0.717, 1.165) is 43.5 Å². The van der Waals surface area contributed by atoms with Crippen LogP contribution in [0, 0.1) is 0 Å². The first kappa shape index (κ1) is 19.6. The SMILES string of the molecule is CCc1cnc(CCNC(=O)C2(N)CCCC2)s1.Cl.Cl. The van der Waals surface area contributed by atoms with Crippen molar-refractivity contribution in [2.75, 3.05) is 6.54 Å². The van der Waals surface area contributed by atoms with Crippen LogP contribution in [0.25, 0.3) is 0 Å². The first-order valence-electron chi connectivity index (χ1n) is 6.65. The summed E-state index contributed by atoms with van der Waals surface area (Å²) in [5.74, 6) is 0.00673. The van der Waals surface area contributed by atoms with Gasteiger partial charge in [-0.1, -0.05) is 19.8 Å². The smallest absolute Gasteiger partial charge is 0.240 e. The Kier molecular flexibility index (Phi) is 8.66. The van der Waals surface area contributed by atoms with Gasteiger partial charge in [0.25, 0.3) is 0 Å². The molecule has 1 aromatic heterocycles. The van der Waals surface area contributed by atoms with Crippen LogP contribution >= 0.6 is 36.2 Å². The second-order valence-electron chi connectivity index (χ2n) is 4.94. The van der Waals surface area contributed by atoms with Gasteiger partial charge in [0.05, 0.1) is 10.5 Å². The van der Waals surface area contributed by atoms with E-state index >= 15 is 0 Å². The van der Waals surface area contributed by atoms with Gasteiger partial charge in [0.15, 0.2) is 0 Å². The molecule has 1 heterocycles. The van der Waals surface area contributed by atoms with Crippen molar-refractivity contribution in [3.05, 3.63) is 16.1 Å². The van der Waals surface area contributed by atoms with Crippen molar-refractivity contribution in [2.45, 2.75) is 51.0 Å². The summed E-state index contributed by atoms with van der Waals surface area (Å²) in [7, 11) is 0. The third kappa shape index (κ3) is 4.88. The number of carbonyl (C=O) groups excluding carboxylic acids is 1. The molecule has 0 atom stereocenters. The van der Waals surface area contributed by atoms with Crippen LogP contribution in [0.1, 0.15) is 42.5 Å². The zero-order valence-electron chi connectivity index (χ0n) is 11.7. The monoisotopic (exact) mass is 339 g/mol. The molecule has 1 aliphatic rings. The van der Waals surface area contributed by atoms with E-state index in [0.29, 0.717) is 6.54 Å². The number of halogens is 2. The van der Waals surface area contributed by atoms with Gasteiger partial charge >= 0.3 is 0 Å². The zero-order chi connectivity index (χ0) is 13.0. The van der Waals surface area contributed by atoms with Gasteiger partial charge < -0.3 is 11.1 Å². The molecule has 20 heavy (non-hydrogen) atoms. The summed E-state index contributed by atoms with van der Waals surface area (Å²) in [6, 6.07) is 0. The second-order valence-corrected chi connectivity index (χ2v) is 6.14. The van der Waals surface area contributed by atoms with E-state index < -0.39 is 5.54 Å². The van der Waals surface area contributed by atoms with Crippen LogP contribution in [-0.4, -0.2) is 23.0 Å². The average molecular weight is 340 g/mol. The standard InChI is InChI=1S/C13H21N3OS.2ClH/c1-2-10-9-16-11(18-10)5-8-15-12(17)13(14)6-3-4-7-13;;/h9H,2-8,14H2,1H3,(H,15,17);2*1H. The minimum Gasteiger partial charge on any atom is -0.354 e. The molecule has 0 unspecified atom stereocenters. The number of hydrogen-bond donors (Lipinski definition) is 2. The molecule has 7 heteroatoms. The Balaban J connectivity index is 0.00000180. The minimum absolute atomic E-state index is 0. The zero-order valence-corrected chi connectivity index (χ0v) is 14.1. The van der Waals surface area contributed by atoms with Crippen LogP contribution in [0.5, 0.6) is 0 Å². The topological polar surface area (TPSA) is 68.0 Å². The molecule has 0 spiro atoms. The molecular weight excluding hydrogens is 317 g/mol. The Hall–Kier alpha value is -0.360. The molecule has 0 radical (unpaired) electrons. The third-order valence-corrected chi connectivity index (χ3v) is 4.72. The molecule has 1 aliphatic carbocycles. The number of carbonyl (C=O) groups is 1. The molecule has 1 aromatic rings. The molecule has 0 aromatic carbocycles. The van der Waals surface area contributed by atoms with E-state index in [4.69, 9.17) is 5.73 Å². The first-order chi connectivity index (χ1) is 8.64. The second kappa shape index (κ2) is 8.82. The van der Waals surface area contributed by atoms with Crippen LogP contribution in [0.3, 0.4) is 0 Å². The van der Waals surface area contributed by atoms with Gasteiger partial charge in [-0.25, -0.2) is 4.98 Å². The number of aromatic nitrogens is 1. The van der Waals surface area contributed by atoms with Gasteiger partial charge in [0.2, 0.25) is 5.91 Å². The highest BCUT2D eigenvalue weighted by Crippen LogP contribution is 2.27. The lowest BCUT2D eigenvalue weighted by molar-refractivity contribution is -0.126. The number of hydrogen-bond acceptors (Lipinski definition) is 4. The van der Waals surface area contributed by atoms with Crippen molar-refractivity contribution < 1.29 is 4.79 Å². The van der Waals surface area contributed by atoms with Gasteiger partial charge in [0, 0.05) is 24.0 Å². The summed E-state index contributed by atoms with van der Waals surface area (Å²) in [4.78, 5) is 17.6. The highest BCUT2D eigenvalue weighted by atomic mass is 35.5. The molecular formula is C13H23Cl2N3OS. The van der Waals surface area contributed by atoms with Crippen molar-refractivity contribution in [1.29, 1.82) is 0 Å². The largest absolute Gasteiger partial charge is 0.354 e. The number of thiazole rings is 1. The maximum Gasteiger partial charge on any atom is 0.240 e. The number of amides is 1. The summed E-state index contributed by atoms with van der Waals surface area (Å²) in [5.41, 5.74) is 5.47. The molecule has 4 nitrogen and oxygen atoms in total. The van der Waals surface area contributed by atoms with Crippen LogP contribution in [-0.2, 0) is 17.6 Å². The predicted octanol–water partition coefficient (Wildman–Crippen LogP) is 2.48. The lowest BCUT2D eigenvalue weighted by Gasteiger charge is -2.21. The van der Waals surface area contributed by atoms with Crippen LogP contribution in [0.15, 0.2) is 6.20 Å². The van der Waals surface area contributed by atoms with Gasteiger partial charge in [-0.3, -0.25) is 4.79 Å². The van der Waals surface area contributed by atoms with Gasteiger partial charge in [0.1, 0.15) is 0 Å². The maximum atomic E-state index is 12.0. The van der Waals surface area contributed by atoms with E-state index in [1.54, 1.807) is 11.3 Å². The lowest BCUT2D eigenvalue weighted by atomic mass is 9.98. The average Bonchev–Trinajstić information content (AvgIpc) is 2.99. The van der Waals surface area contributed by atoms with E-state index in [2.05, 4.69) is 17.2 Å². The molecule has 1 fully saturated rings. The fourth-order valence-corrected chi connectivity index (χ4v) is 3.18. The molecule has 0 saturated heterocycles. The van der Waals surface area contributed by atoms with Crippen molar-refractivity contribution in [3.63, 3.8) is 0 Å². The van der Waals surface area contributed by atoms with Crippen molar-refractivity contribution in [3.8, 4) is 0 Å². The van der Waals surface area contributed by atoms with Crippen LogP contribution in [0.4, 0.5) is 0 Å². The normalized spacial score (nSPS) is 16.1. The van der Waals surface area contributed by atoms with Crippen LogP contribution < -0.4 is 11.1 Å². The maximum absolute atomic E-state index is 12.0. The molecule has 1 amide bonds. The Morgan fingerprint density at radius 1 is 1.45 bits per heavy atom. The van der Waals surface area contributed by atoms with E-state index in [-0.39, 0.29) is 30.7 Å². The number of nitrogens with one attached hydrogen (secondary N) is 1. The Labute approximate surface area is 136 Å². The predicted molar refractivity (Wildman–Crippen MR) is 88.1 cm³/mol. The van der Waals surface area contributed by atoms with E-state index in [1.165, 1.54) is 4.88 Å². The van der Waals surface area contributed by atoms with E-state index in [9.17, 15) is 4.79 Å². The summed E-state index contributed by atoms with van der Waals surface area (Å²) in [5, 5.41) is 4.03. The Morgan fingerprint density at radius 3 is 2.65 bits per heavy atom. The number of nitrogens with two attached hydrogens (primary N) is 1. The van der Waals surface area contributed by atoms with E-state index in [1.807, 2.05) is 6.20 Å². The fourth-order valence-electron chi connectivity index (χ4n) is 2.32. The van der Waals surface area contributed by atoms with Crippen molar-refractivity contribution >= 4 is 42.1 Å². The van der Waals surface area contributed by atoms with Crippen molar-refractivity contribution in [2.24, 2.45) is 5.73 Å². The highest BCUT2D eigenvalue weighted by Gasteiger charge is 2.36. The Bertz CT molecular complexity index is 420. The molecule has 3 N–H and O–H groups in total. The highest BCUT2D eigenvalue weighted by molar-refractivity contribution is 7.11. The number of nitrogens with zero attached hydrogens (tertiary/aromatic N) is 1. The van der Waals surface area contributed by atoms with Crippen LogP contribution in [0.2, 0.25) is 0 Å². The van der Waals surface area contributed by atoms with Gasteiger partial charge in [-0.2, -0.15) is 0 Å². The summed E-state index contributed by atoms with van der Waals surface area (Å²) in [6.45, 7) is 2.76. The molecule has 1 saturated carbocycles. The minimum atomic E-state index is -0.614. The molecule has 2 rings (SSSR count). The first-order valence-corrected chi connectivity index (χ1v) is 7.46.